The van der Waals surface area contributed by atoms with E-state index >= 15 is 0 Å². The van der Waals surface area contributed by atoms with Crippen molar-refractivity contribution < 1.29 is 42.9 Å². The average Bonchev–Trinajstić information content (AvgIpc) is 3.51. The van der Waals surface area contributed by atoms with Crippen LogP contribution in [-0.2, 0) is 24.2 Å². The van der Waals surface area contributed by atoms with E-state index in [1.54, 1.807) is 0 Å². The van der Waals surface area contributed by atoms with Gasteiger partial charge in [-0.25, -0.2) is 18.6 Å². The van der Waals surface area contributed by atoms with E-state index in [2.05, 4.69) is 15.8 Å². The first-order chi connectivity index (χ1) is 15.8. The van der Waals surface area contributed by atoms with Crippen LogP contribution in [0.25, 0.3) is 0 Å². The average molecular weight is 515 g/mol. The summed E-state index contributed by atoms with van der Waals surface area (Å²) in [6.07, 6.45) is 0.892. The molecule has 2 aliphatic heterocycles. The summed E-state index contributed by atoms with van der Waals surface area (Å²) in [6, 6.07) is 0.500. The number of carboxylic acids is 1. The van der Waals surface area contributed by atoms with E-state index in [0.717, 1.165) is 30.2 Å². The number of aliphatic carboxylic acids is 1. The maximum Gasteiger partial charge on any atom is 0.328 e. The Morgan fingerprint density at radius 1 is 1.26 bits per heavy atom. The molecule has 3 atom stereocenters. The van der Waals surface area contributed by atoms with Gasteiger partial charge in [0.25, 0.3) is 11.8 Å². The van der Waals surface area contributed by atoms with E-state index in [1.807, 2.05) is 0 Å². The van der Waals surface area contributed by atoms with Crippen LogP contribution in [0.15, 0.2) is 17.2 Å². The van der Waals surface area contributed by atoms with Crippen LogP contribution in [-0.4, -0.2) is 80.2 Å². The largest absolute Gasteiger partial charge is 0.504 e. The first-order valence-electron chi connectivity index (χ1n) is 9.92. The maximum absolute atomic E-state index is 12.8. The Hall–Kier alpha value is -3.39. The second-order valence-electron chi connectivity index (χ2n) is 8.46. The number of sulfone groups is 1. The lowest BCUT2D eigenvalue weighted by Crippen LogP contribution is -2.57. The number of phenols is 2. The molecule has 1 aliphatic carbocycles. The van der Waals surface area contributed by atoms with Gasteiger partial charge in [-0.15, -0.1) is 0 Å². The normalized spacial score (nSPS) is 28.2. The molecule has 2 heterocycles. The van der Waals surface area contributed by atoms with Crippen molar-refractivity contribution in [2.75, 3.05) is 0 Å². The number of hydrazone groups is 1. The number of β-lactam (4-membered cyclic amide) rings is 1. The molecular formula is C19H19ClN4O9S. The van der Waals surface area contributed by atoms with Crippen LogP contribution in [0.3, 0.4) is 0 Å². The number of nitrogens with zero attached hydrogens (tertiary/aromatic N) is 2. The lowest BCUT2D eigenvalue weighted by atomic mass is 9.97. The summed E-state index contributed by atoms with van der Waals surface area (Å²) in [7, 11) is -4.14. The van der Waals surface area contributed by atoms with Crippen molar-refractivity contribution in [2.24, 2.45) is 5.10 Å². The predicted octanol–water partition coefficient (Wildman–Crippen LogP) is -0.686. The van der Waals surface area contributed by atoms with Crippen molar-refractivity contribution in [1.29, 1.82) is 0 Å². The summed E-state index contributed by atoms with van der Waals surface area (Å²) >= 11 is 5.87. The number of aromatic hydroxyl groups is 2. The second-order valence-corrected chi connectivity index (χ2v) is 11.4. The van der Waals surface area contributed by atoms with Crippen molar-refractivity contribution in [3.63, 3.8) is 0 Å². The van der Waals surface area contributed by atoms with Gasteiger partial charge in [-0.1, -0.05) is 11.6 Å². The number of carboxylic acid groups (broad SMARTS) is 1. The van der Waals surface area contributed by atoms with Crippen molar-refractivity contribution in [1.82, 2.24) is 15.6 Å². The molecule has 34 heavy (non-hydrogen) atoms. The van der Waals surface area contributed by atoms with Crippen LogP contribution in [0.1, 0.15) is 36.5 Å². The number of phenolic OH excluding ortho intramolecular Hbond substituents is 2. The fourth-order valence-electron chi connectivity index (χ4n) is 4.08. The van der Waals surface area contributed by atoms with E-state index in [0.29, 0.717) is 0 Å². The first kappa shape index (κ1) is 23.8. The molecule has 1 aromatic rings. The zero-order valence-corrected chi connectivity index (χ0v) is 19.1. The molecule has 15 heteroatoms. The SMILES string of the molecule is C[C@]1(/C=N/NC(=O)C2(NC(=O)c3ccc(O)c(O)c3Cl)CC2)[C@H](C(=O)O)N2C(=O)C[C@H]2S1(=O)=O. The van der Waals surface area contributed by atoms with Gasteiger partial charge < -0.3 is 25.5 Å². The lowest BCUT2D eigenvalue weighted by molar-refractivity contribution is -0.156. The summed E-state index contributed by atoms with van der Waals surface area (Å²) in [6.45, 7) is 1.11. The molecule has 4 rings (SSSR count). The number of carbonyl (C=O) groups excluding carboxylic acids is 3. The fraction of sp³-hybridized carbons (Fsp3) is 0.421. The Labute approximate surface area is 197 Å². The minimum Gasteiger partial charge on any atom is -0.504 e. The highest BCUT2D eigenvalue weighted by Crippen LogP contribution is 2.45. The maximum atomic E-state index is 12.8. The van der Waals surface area contributed by atoms with Crippen molar-refractivity contribution in [2.45, 2.75) is 47.9 Å². The van der Waals surface area contributed by atoms with Gasteiger partial charge in [0.2, 0.25) is 5.91 Å². The highest BCUT2D eigenvalue weighted by atomic mass is 35.5. The Kier molecular flexibility index (Phi) is 5.28. The minimum atomic E-state index is -4.14. The van der Waals surface area contributed by atoms with Gasteiger partial charge in [-0.05, 0) is 31.9 Å². The standard InChI is InChI=1S/C19H19ClN4O9S/c1-18(14(16(29)30)24-10(26)6-11(24)34(18,32)33)7-21-23-17(31)19(4-5-19)22-15(28)8-2-3-9(25)13(27)12(8)20/h2-3,7,11,14,25,27H,4-6H2,1H3,(H,22,28)(H,23,31)(H,29,30)/b21-7+/t11-,14+,18+/m1/s1. The molecule has 182 valence electrons. The van der Waals surface area contributed by atoms with Crippen LogP contribution in [0, 0.1) is 0 Å². The zero-order valence-electron chi connectivity index (χ0n) is 17.5. The molecule has 5 N–H and O–H groups in total. The minimum absolute atomic E-state index is 0.192. The van der Waals surface area contributed by atoms with Gasteiger partial charge in [-0.3, -0.25) is 14.4 Å². The van der Waals surface area contributed by atoms with Gasteiger partial charge in [0, 0.05) is 6.21 Å². The summed E-state index contributed by atoms with van der Waals surface area (Å²) in [5, 5.41) is 33.1. The van der Waals surface area contributed by atoms with Gasteiger partial charge in [0.05, 0.1) is 17.0 Å². The van der Waals surface area contributed by atoms with Crippen LogP contribution >= 0.6 is 11.6 Å². The Bertz CT molecular complexity index is 1280. The smallest absolute Gasteiger partial charge is 0.328 e. The molecule has 1 aromatic carbocycles. The number of amides is 3. The Morgan fingerprint density at radius 3 is 2.47 bits per heavy atom. The summed E-state index contributed by atoms with van der Waals surface area (Å²) in [5.74, 6) is -4.97. The van der Waals surface area contributed by atoms with Crippen LogP contribution in [0.4, 0.5) is 0 Å². The van der Waals surface area contributed by atoms with E-state index < -0.39 is 71.8 Å². The third-order valence-electron chi connectivity index (χ3n) is 6.34. The summed E-state index contributed by atoms with van der Waals surface area (Å²) in [5.41, 5.74) is 0.545. The monoisotopic (exact) mass is 514 g/mol. The van der Waals surface area contributed by atoms with E-state index in [1.165, 1.54) is 0 Å². The molecule has 0 unspecified atom stereocenters. The molecule has 13 nitrogen and oxygen atoms in total. The zero-order chi connectivity index (χ0) is 25.2. The molecule has 0 radical (unpaired) electrons. The van der Waals surface area contributed by atoms with Crippen molar-refractivity contribution in [3.05, 3.63) is 22.7 Å². The Morgan fingerprint density at radius 2 is 1.91 bits per heavy atom. The lowest BCUT2D eigenvalue weighted by Gasteiger charge is -2.35. The van der Waals surface area contributed by atoms with E-state index in [4.69, 9.17) is 11.6 Å². The molecule has 0 aromatic heterocycles. The highest BCUT2D eigenvalue weighted by Gasteiger charge is 2.69. The third kappa shape index (κ3) is 3.27. The third-order valence-corrected chi connectivity index (χ3v) is 9.39. The topological polar surface area (TPSA) is 203 Å². The molecular weight excluding hydrogens is 496 g/mol. The molecule has 3 aliphatic rings. The van der Waals surface area contributed by atoms with Crippen LogP contribution in [0.5, 0.6) is 11.5 Å². The molecule has 2 saturated heterocycles. The number of rotatable bonds is 6. The van der Waals surface area contributed by atoms with Crippen LogP contribution in [0.2, 0.25) is 5.02 Å². The number of hydrogen-bond donors (Lipinski definition) is 5. The molecule has 3 amide bonds. The highest BCUT2D eigenvalue weighted by molar-refractivity contribution is 7.94. The number of halogens is 1. The van der Waals surface area contributed by atoms with Gasteiger partial charge in [0.15, 0.2) is 27.4 Å². The van der Waals surface area contributed by atoms with Gasteiger partial charge in [0.1, 0.15) is 15.7 Å². The number of fused-ring (bicyclic) bond motifs is 1. The van der Waals surface area contributed by atoms with E-state index in [-0.39, 0.29) is 24.8 Å². The van der Waals surface area contributed by atoms with Crippen molar-refractivity contribution in [3.8, 4) is 11.5 Å². The number of hydrogen-bond acceptors (Lipinski definition) is 9. The fourth-order valence-corrected chi connectivity index (χ4v) is 6.54. The van der Waals surface area contributed by atoms with Gasteiger partial charge in [-0.2, -0.15) is 5.10 Å². The molecule has 0 bridgehead atoms. The van der Waals surface area contributed by atoms with Gasteiger partial charge >= 0.3 is 5.97 Å². The van der Waals surface area contributed by atoms with E-state index in [9.17, 15) is 42.9 Å². The molecule has 1 saturated carbocycles. The second kappa shape index (κ2) is 7.56. The molecule has 0 spiro atoms. The Balaban J connectivity index is 1.50. The molecule has 3 fully saturated rings. The number of carbonyl (C=O) groups is 4. The van der Waals surface area contributed by atoms with Crippen molar-refractivity contribution >= 4 is 51.3 Å². The number of benzene rings is 1. The summed E-state index contributed by atoms with van der Waals surface area (Å²) in [4.78, 5) is 49.5. The number of nitrogens with one attached hydrogen (secondary N) is 2. The van der Waals surface area contributed by atoms with Crippen LogP contribution < -0.4 is 10.7 Å². The quantitative estimate of drug-likeness (QED) is 0.141. The first-order valence-corrected chi connectivity index (χ1v) is 11.8. The predicted molar refractivity (Wildman–Crippen MR) is 115 cm³/mol. The summed E-state index contributed by atoms with van der Waals surface area (Å²) < 4.78 is 23.6.